The van der Waals surface area contributed by atoms with Crippen molar-refractivity contribution in [1.29, 1.82) is 0 Å². The maximum atomic E-state index is 14.2. The predicted octanol–water partition coefficient (Wildman–Crippen LogP) is 4.56. The van der Waals surface area contributed by atoms with Crippen LogP contribution in [0.2, 0.25) is 5.02 Å². The first-order chi connectivity index (χ1) is 14.6. The second-order valence-electron chi connectivity index (χ2n) is 6.55. The summed E-state index contributed by atoms with van der Waals surface area (Å²) >= 11 is 5.89. The summed E-state index contributed by atoms with van der Waals surface area (Å²) in [7, 11) is -3.40. The molecule has 0 radical (unpaired) electrons. The molecule has 3 aromatic rings. The zero-order chi connectivity index (χ0) is 22.8. The molecule has 0 aliphatic heterocycles. The lowest BCUT2D eigenvalue weighted by Crippen LogP contribution is -2.14. The fourth-order valence-electron chi connectivity index (χ4n) is 2.71. The van der Waals surface area contributed by atoms with Crippen molar-refractivity contribution in [2.24, 2.45) is 0 Å². The molecule has 0 amide bonds. The van der Waals surface area contributed by atoms with E-state index in [1.165, 1.54) is 20.0 Å². The van der Waals surface area contributed by atoms with Gasteiger partial charge in [-0.3, -0.25) is 4.72 Å². The highest BCUT2D eigenvalue weighted by Gasteiger charge is 2.21. The van der Waals surface area contributed by atoms with E-state index in [1.54, 1.807) is 24.3 Å². The van der Waals surface area contributed by atoms with Crippen molar-refractivity contribution in [2.75, 3.05) is 16.2 Å². The Kier molecular flexibility index (Phi) is 6.61. The number of aromatic nitrogens is 2. The van der Waals surface area contributed by atoms with Gasteiger partial charge in [-0.2, -0.15) is 0 Å². The van der Waals surface area contributed by atoms with Crippen LogP contribution in [0.25, 0.3) is 11.3 Å². The number of nitrogens with two attached hydrogens (primary N) is 1. The molecule has 2 aromatic carbocycles. The number of halogens is 3. The minimum absolute atomic E-state index is 0.0455. The van der Waals surface area contributed by atoms with Gasteiger partial charge in [0.05, 0.1) is 22.7 Å². The number of hydrogen-bond donors (Lipinski definition) is 2. The Morgan fingerprint density at radius 2 is 1.81 bits per heavy atom. The second kappa shape index (κ2) is 9.03. The molecular formula is C20H19ClF2N4O3S. The Balaban J connectivity index is 1.86. The lowest BCUT2D eigenvalue weighted by Gasteiger charge is -2.18. The van der Waals surface area contributed by atoms with Crippen molar-refractivity contribution in [3.8, 4) is 17.1 Å². The van der Waals surface area contributed by atoms with E-state index in [0.717, 1.165) is 12.1 Å². The highest BCUT2D eigenvalue weighted by Crippen LogP contribution is 2.33. The van der Waals surface area contributed by atoms with Crippen LogP contribution in [0.4, 0.5) is 20.3 Å². The number of hydrogen-bond acceptors (Lipinski definition) is 6. The molecular weight excluding hydrogens is 450 g/mol. The largest absolute Gasteiger partial charge is 0.467 e. The van der Waals surface area contributed by atoms with Crippen molar-refractivity contribution < 1.29 is 21.9 Å². The monoisotopic (exact) mass is 468 g/mol. The van der Waals surface area contributed by atoms with Crippen molar-refractivity contribution >= 4 is 33.1 Å². The van der Waals surface area contributed by atoms with Crippen LogP contribution in [-0.4, -0.2) is 24.1 Å². The van der Waals surface area contributed by atoms with Crippen molar-refractivity contribution in [2.45, 2.75) is 20.0 Å². The van der Waals surface area contributed by atoms with E-state index in [-0.39, 0.29) is 28.0 Å². The summed E-state index contributed by atoms with van der Waals surface area (Å²) in [6.07, 6.45) is 0.411. The number of ether oxygens (including phenoxy) is 1. The van der Waals surface area contributed by atoms with E-state index in [1.807, 2.05) is 0 Å². The van der Waals surface area contributed by atoms with Crippen molar-refractivity contribution in [3.63, 3.8) is 0 Å². The highest BCUT2D eigenvalue weighted by molar-refractivity contribution is 7.92. The lowest BCUT2D eigenvalue weighted by atomic mass is 10.1. The molecule has 0 saturated heterocycles. The Morgan fingerprint density at radius 3 is 2.45 bits per heavy atom. The molecule has 11 heteroatoms. The van der Waals surface area contributed by atoms with Crippen LogP contribution >= 0.6 is 11.6 Å². The van der Waals surface area contributed by atoms with Crippen LogP contribution < -0.4 is 15.2 Å². The van der Waals surface area contributed by atoms with Gasteiger partial charge in [0.25, 0.3) is 5.88 Å². The average molecular weight is 469 g/mol. The van der Waals surface area contributed by atoms with Crippen LogP contribution in [0, 0.1) is 11.6 Å². The smallest absolute Gasteiger partial charge is 0.258 e. The normalized spacial score (nSPS) is 12.4. The van der Waals surface area contributed by atoms with Crippen molar-refractivity contribution in [3.05, 3.63) is 64.8 Å². The van der Waals surface area contributed by atoms with E-state index in [2.05, 4.69) is 14.7 Å². The minimum atomic E-state index is -3.40. The Bertz CT molecular complexity index is 1210. The zero-order valence-corrected chi connectivity index (χ0v) is 18.1. The summed E-state index contributed by atoms with van der Waals surface area (Å²) < 4.78 is 59.3. The summed E-state index contributed by atoms with van der Waals surface area (Å²) in [5.74, 6) is -1.68. The fraction of sp³-hybridized carbons (Fsp3) is 0.200. The van der Waals surface area contributed by atoms with Gasteiger partial charge in [-0.1, -0.05) is 23.7 Å². The molecule has 1 atom stereocenters. The van der Waals surface area contributed by atoms with Crippen LogP contribution in [0.1, 0.15) is 25.5 Å². The van der Waals surface area contributed by atoms with Gasteiger partial charge in [-0.05, 0) is 38.1 Å². The van der Waals surface area contributed by atoms with Crippen LogP contribution in [0.5, 0.6) is 5.88 Å². The number of nitrogens with one attached hydrogen (secondary N) is 1. The molecule has 0 saturated carbocycles. The Morgan fingerprint density at radius 1 is 1.16 bits per heavy atom. The van der Waals surface area contributed by atoms with Gasteiger partial charge in [0, 0.05) is 16.8 Å². The van der Waals surface area contributed by atoms with Gasteiger partial charge in [-0.25, -0.2) is 27.2 Å². The predicted molar refractivity (Wildman–Crippen MR) is 115 cm³/mol. The number of nitrogen functional groups attached to an aromatic ring is 1. The number of rotatable bonds is 7. The molecule has 0 bridgehead atoms. The molecule has 164 valence electrons. The first-order valence-electron chi connectivity index (χ1n) is 9.14. The maximum absolute atomic E-state index is 14.2. The quantitative estimate of drug-likeness (QED) is 0.492. The first-order valence-corrected chi connectivity index (χ1v) is 11.2. The number of benzene rings is 2. The molecule has 1 unspecified atom stereocenters. The van der Waals surface area contributed by atoms with Crippen LogP contribution in [0.15, 0.2) is 42.6 Å². The molecule has 0 aliphatic carbocycles. The van der Waals surface area contributed by atoms with E-state index in [4.69, 9.17) is 22.1 Å². The lowest BCUT2D eigenvalue weighted by molar-refractivity contribution is 0.213. The number of nitrogens with zero attached hydrogens (tertiary/aromatic N) is 2. The molecule has 31 heavy (non-hydrogen) atoms. The molecule has 0 spiro atoms. The van der Waals surface area contributed by atoms with Gasteiger partial charge in [0.15, 0.2) is 5.82 Å². The molecule has 3 rings (SSSR count). The summed E-state index contributed by atoms with van der Waals surface area (Å²) in [6, 6.07) is 8.31. The summed E-state index contributed by atoms with van der Waals surface area (Å²) in [5, 5.41) is -0.389. The van der Waals surface area contributed by atoms with Gasteiger partial charge in [0.2, 0.25) is 10.0 Å². The molecule has 0 aliphatic rings. The Hall–Kier alpha value is -2.98. The van der Waals surface area contributed by atoms with Crippen molar-refractivity contribution in [1.82, 2.24) is 9.97 Å². The van der Waals surface area contributed by atoms with E-state index < -0.39 is 27.8 Å². The second-order valence-corrected chi connectivity index (χ2v) is 8.93. The third-order valence-electron chi connectivity index (χ3n) is 4.38. The van der Waals surface area contributed by atoms with E-state index in [0.29, 0.717) is 16.9 Å². The van der Waals surface area contributed by atoms with E-state index >= 15 is 0 Å². The van der Waals surface area contributed by atoms with Gasteiger partial charge < -0.3 is 10.5 Å². The zero-order valence-electron chi connectivity index (χ0n) is 16.6. The highest BCUT2D eigenvalue weighted by atomic mass is 35.5. The third-order valence-corrected chi connectivity index (χ3v) is 6.07. The molecule has 1 aromatic heterocycles. The van der Waals surface area contributed by atoms with Gasteiger partial charge in [0.1, 0.15) is 17.7 Å². The fourth-order valence-corrected chi connectivity index (χ4v) is 3.66. The molecule has 0 fully saturated rings. The summed E-state index contributed by atoms with van der Waals surface area (Å²) in [6.45, 7) is 3.01. The van der Waals surface area contributed by atoms with E-state index in [9.17, 15) is 17.2 Å². The molecule has 7 nitrogen and oxygen atoms in total. The minimum Gasteiger partial charge on any atom is -0.467 e. The number of sulfonamides is 1. The maximum Gasteiger partial charge on any atom is 0.258 e. The van der Waals surface area contributed by atoms with Gasteiger partial charge >= 0.3 is 0 Å². The molecule has 3 N–H and O–H groups in total. The average Bonchev–Trinajstić information content (AvgIpc) is 2.73. The standard InChI is InChI=1S/C20H19ClF2N4O3S/c1-3-31(28,29)27-13-6-4-12(5-7-13)16-10-25-19(24)20(26-16)30-11(2)17-14(22)8-9-15(23)18(17)21/h4-11,27H,3H2,1-2H3,(H2,24,25). The first kappa shape index (κ1) is 22.7. The van der Waals surface area contributed by atoms with Gasteiger partial charge in [-0.15, -0.1) is 0 Å². The Labute approximate surface area is 183 Å². The third kappa shape index (κ3) is 5.20. The van der Waals surface area contributed by atoms with Crippen LogP contribution in [0.3, 0.4) is 0 Å². The van der Waals surface area contributed by atoms with Crippen LogP contribution in [-0.2, 0) is 10.0 Å². The summed E-state index contributed by atoms with van der Waals surface area (Å²) in [4.78, 5) is 8.34. The topological polar surface area (TPSA) is 107 Å². The number of anilines is 2. The SMILES string of the molecule is CCS(=O)(=O)Nc1ccc(-c2cnc(N)c(OC(C)c3c(F)ccc(F)c3Cl)n2)cc1. The molecule has 1 heterocycles. The summed E-state index contributed by atoms with van der Waals surface area (Å²) in [5.41, 5.74) is 7.06.